The molecule has 2 aromatic heterocycles. The van der Waals surface area contributed by atoms with Crippen LogP contribution in [0.25, 0.3) is 11.0 Å². The smallest absolute Gasteiger partial charge is 0.287 e. The van der Waals surface area contributed by atoms with Gasteiger partial charge in [0.25, 0.3) is 5.91 Å². The minimum absolute atomic E-state index is 0.0973. The number of furan rings is 1. The molecule has 6 heteroatoms. The van der Waals surface area contributed by atoms with Crippen molar-refractivity contribution in [2.45, 2.75) is 20.1 Å². The number of benzene rings is 2. The molecule has 0 unspecified atom stereocenters. The normalized spacial score (nSPS) is 10.8. The van der Waals surface area contributed by atoms with Crippen molar-refractivity contribution in [3.8, 4) is 5.75 Å². The van der Waals surface area contributed by atoms with Crippen molar-refractivity contribution in [3.05, 3.63) is 95.3 Å². The van der Waals surface area contributed by atoms with E-state index in [0.717, 1.165) is 11.3 Å². The zero-order valence-electron chi connectivity index (χ0n) is 15.8. The molecule has 0 aliphatic carbocycles. The first-order chi connectivity index (χ1) is 14.1. The second-order valence-electron chi connectivity index (χ2n) is 6.61. The molecule has 1 N–H and O–H groups in total. The molecule has 4 aromatic rings. The maximum Gasteiger partial charge on any atom is 0.287 e. The van der Waals surface area contributed by atoms with Crippen LogP contribution in [-0.2, 0) is 13.2 Å². The van der Waals surface area contributed by atoms with Crippen LogP contribution in [0.3, 0.4) is 0 Å². The number of ether oxygens (including phenoxy) is 1. The molecule has 4 rings (SSSR count). The predicted octanol–water partition coefficient (Wildman–Crippen LogP) is 4.78. The molecule has 1 amide bonds. The number of carbonyl (C=O) groups excluding carboxylic acids is 1. The number of carbonyl (C=O) groups is 1. The first-order valence-electron chi connectivity index (χ1n) is 9.19. The van der Waals surface area contributed by atoms with Gasteiger partial charge < -0.3 is 14.5 Å². The monoisotopic (exact) mass is 390 g/mol. The molecule has 0 radical (unpaired) electrons. The van der Waals surface area contributed by atoms with Gasteiger partial charge in [-0.15, -0.1) is 0 Å². The molecule has 0 spiro atoms. The van der Waals surface area contributed by atoms with E-state index in [0.29, 0.717) is 29.9 Å². The molecule has 29 heavy (non-hydrogen) atoms. The van der Waals surface area contributed by atoms with E-state index in [-0.39, 0.29) is 11.3 Å². The first kappa shape index (κ1) is 18.7. The van der Waals surface area contributed by atoms with Gasteiger partial charge in [0, 0.05) is 23.7 Å². The topological polar surface area (TPSA) is 64.4 Å². The Hall–Kier alpha value is -3.67. The van der Waals surface area contributed by atoms with Crippen molar-refractivity contribution in [3.63, 3.8) is 0 Å². The zero-order valence-corrected chi connectivity index (χ0v) is 15.8. The van der Waals surface area contributed by atoms with Crippen molar-refractivity contribution < 1.29 is 18.3 Å². The summed E-state index contributed by atoms with van der Waals surface area (Å²) in [5.41, 5.74) is 2.42. The maximum atomic E-state index is 13.9. The molecule has 0 saturated heterocycles. The Morgan fingerprint density at radius 3 is 2.79 bits per heavy atom. The Morgan fingerprint density at radius 2 is 2.00 bits per heavy atom. The van der Waals surface area contributed by atoms with Crippen molar-refractivity contribution in [2.75, 3.05) is 0 Å². The lowest BCUT2D eigenvalue weighted by atomic mass is 10.1. The van der Waals surface area contributed by atoms with E-state index in [4.69, 9.17) is 9.15 Å². The van der Waals surface area contributed by atoms with Crippen LogP contribution in [-0.4, -0.2) is 10.9 Å². The summed E-state index contributed by atoms with van der Waals surface area (Å²) in [6, 6.07) is 17.7. The number of pyridine rings is 1. The molecule has 0 aliphatic heterocycles. The fourth-order valence-corrected chi connectivity index (χ4v) is 3.07. The van der Waals surface area contributed by atoms with Gasteiger partial charge in [-0.25, -0.2) is 4.39 Å². The Balaban J connectivity index is 1.42. The summed E-state index contributed by atoms with van der Waals surface area (Å²) in [7, 11) is 0. The van der Waals surface area contributed by atoms with E-state index in [1.807, 2.05) is 42.5 Å². The number of fused-ring (bicyclic) bond motifs is 1. The number of aryl methyl sites for hydroxylation is 1. The molecular formula is C23H19FN2O3. The van der Waals surface area contributed by atoms with Gasteiger partial charge in [0.15, 0.2) is 17.2 Å². The highest BCUT2D eigenvalue weighted by molar-refractivity contribution is 5.98. The Morgan fingerprint density at radius 1 is 1.14 bits per heavy atom. The van der Waals surface area contributed by atoms with Gasteiger partial charge in [-0.1, -0.05) is 30.3 Å². The summed E-state index contributed by atoms with van der Waals surface area (Å²) in [6.45, 7) is 2.39. The zero-order chi connectivity index (χ0) is 20.2. The summed E-state index contributed by atoms with van der Waals surface area (Å²) in [6.07, 6.45) is 1.72. The second-order valence-corrected chi connectivity index (χ2v) is 6.61. The number of para-hydroxylation sites is 1. The van der Waals surface area contributed by atoms with Crippen LogP contribution in [0.15, 0.2) is 71.3 Å². The average molecular weight is 390 g/mol. The van der Waals surface area contributed by atoms with Gasteiger partial charge in [0.05, 0.1) is 5.69 Å². The lowest BCUT2D eigenvalue weighted by molar-refractivity contribution is 0.0924. The lowest BCUT2D eigenvalue weighted by Gasteiger charge is -2.08. The summed E-state index contributed by atoms with van der Waals surface area (Å²) >= 11 is 0. The van der Waals surface area contributed by atoms with Crippen LogP contribution in [0.4, 0.5) is 4.39 Å². The van der Waals surface area contributed by atoms with Crippen molar-refractivity contribution in [1.82, 2.24) is 10.3 Å². The van der Waals surface area contributed by atoms with Crippen molar-refractivity contribution in [1.29, 1.82) is 0 Å². The number of nitrogens with one attached hydrogen (secondary N) is 1. The van der Waals surface area contributed by atoms with E-state index in [1.165, 1.54) is 6.07 Å². The summed E-state index contributed by atoms with van der Waals surface area (Å²) in [4.78, 5) is 16.8. The van der Waals surface area contributed by atoms with E-state index in [1.54, 1.807) is 25.3 Å². The van der Waals surface area contributed by atoms with E-state index >= 15 is 0 Å². The minimum atomic E-state index is -0.484. The molecule has 0 fully saturated rings. The molecular weight excluding hydrogens is 371 g/mol. The van der Waals surface area contributed by atoms with Crippen LogP contribution in [0.1, 0.15) is 27.4 Å². The number of rotatable bonds is 6. The molecule has 0 atom stereocenters. The lowest BCUT2D eigenvalue weighted by Crippen LogP contribution is -2.23. The van der Waals surface area contributed by atoms with Crippen molar-refractivity contribution >= 4 is 16.9 Å². The quantitative estimate of drug-likeness (QED) is 0.514. The van der Waals surface area contributed by atoms with Crippen LogP contribution in [0, 0.1) is 12.7 Å². The van der Waals surface area contributed by atoms with Gasteiger partial charge in [-0.05, 0) is 42.8 Å². The fraction of sp³-hybridized carbons (Fsp3) is 0.130. The highest BCUT2D eigenvalue weighted by Crippen LogP contribution is 2.27. The van der Waals surface area contributed by atoms with Crippen LogP contribution < -0.4 is 10.1 Å². The Labute approximate surface area is 167 Å². The molecule has 0 saturated carbocycles. The number of halogens is 1. The maximum absolute atomic E-state index is 13.9. The van der Waals surface area contributed by atoms with Gasteiger partial charge >= 0.3 is 0 Å². The minimum Gasteiger partial charge on any atom is -0.487 e. The third-order valence-corrected chi connectivity index (χ3v) is 4.59. The standard InChI is InChI=1S/C23H19FN2O3/c1-15-19-9-5-10-20(24)22(19)29-21(15)23(27)26-13-16-6-4-8-18(12-16)28-14-17-7-2-3-11-25-17/h2-12H,13-14H2,1H3,(H,26,27). The predicted molar refractivity (Wildman–Crippen MR) is 107 cm³/mol. The van der Waals surface area contributed by atoms with Gasteiger partial charge in [0.1, 0.15) is 12.4 Å². The number of nitrogens with zero attached hydrogens (tertiary/aromatic N) is 1. The third-order valence-electron chi connectivity index (χ3n) is 4.59. The van der Waals surface area contributed by atoms with E-state index < -0.39 is 11.7 Å². The van der Waals surface area contributed by atoms with Crippen LogP contribution in [0.2, 0.25) is 0 Å². The highest BCUT2D eigenvalue weighted by Gasteiger charge is 2.19. The van der Waals surface area contributed by atoms with Gasteiger partial charge in [-0.2, -0.15) is 0 Å². The molecule has 2 aromatic carbocycles. The molecule has 0 bridgehead atoms. The number of aromatic nitrogens is 1. The molecule has 2 heterocycles. The third kappa shape index (κ3) is 4.11. The molecule has 146 valence electrons. The van der Waals surface area contributed by atoms with E-state index in [2.05, 4.69) is 10.3 Å². The van der Waals surface area contributed by atoms with E-state index in [9.17, 15) is 9.18 Å². The highest BCUT2D eigenvalue weighted by atomic mass is 19.1. The van der Waals surface area contributed by atoms with Crippen LogP contribution >= 0.6 is 0 Å². The average Bonchev–Trinajstić information content (AvgIpc) is 3.10. The first-order valence-corrected chi connectivity index (χ1v) is 9.19. The van der Waals surface area contributed by atoms with Gasteiger partial charge in [0.2, 0.25) is 0 Å². The van der Waals surface area contributed by atoms with Gasteiger partial charge in [-0.3, -0.25) is 9.78 Å². The summed E-state index contributed by atoms with van der Waals surface area (Å²) in [5.74, 6) is -0.0719. The number of hydrogen-bond acceptors (Lipinski definition) is 4. The molecule has 5 nitrogen and oxygen atoms in total. The van der Waals surface area contributed by atoms with Crippen molar-refractivity contribution in [2.24, 2.45) is 0 Å². The largest absolute Gasteiger partial charge is 0.487 e. The Kier molecular flexibility index (Phi) is 5.24. The molecule has 0 aliphatic rings. The summed E-state index contributed by atoms with van der Waals surface area (Å²) < 4.78 is 25.1. The number of amides is 1. The Bertz CT molecular complexity index is 1160. The number of hydrogen-bond donors (Lipinski definition) is 1. The fourth-order valence-electron chi connectivity index (χ4n) is 3.07. The SMILES string of the molecule is Cc1c(C(=O)NCc2cccc(OCc3ccccn3)c2)oc2c(F)cccc12. The van der Waals surface area contributed by atoms with Crippen LogP contribution in [0.5, 0.6) is 5.75 Å². The summed E-state index contributed by atoms with van der Waals surface area (Å²) in [5, 5.41) is 3.41. The second kappa shape index (κ2) is 8.14.